The zero-order valence-electron chi connectivity index (χ0n) is 29.5. The van der Waals surface area contributed by atoms with Crippen LogP contribution in [0.1, 0.15) is 104 Å². The van der Waals surface area contributed by atoms with Crippen LogP contribution in [0.5, 0.6) is 0 Å². The molecule has 14 heteroatoms. The van der Waals surface area contributed by atoms with Gasteiger partial charge >= 0.3 is 0 Å². The van der Waals surface area contributed by atoms with Crippen LogP contribution in [0.4, 0.5) is 0 Å². The van der Waals surface area contributed by atoms with Crippen molar-refractivity contribution in [2.75, 3.05) is 23.8 Å². The Morgan fingerprint density at radius 2 is 1.17 bits per heavy atom. The molecule has 0 bridgehead atoms. The molecule has 0 amide bonds. The number of hydrogen-bond acceptors (Lipinski definition) is 14. The van der Waals surface area contributed by atoms with Crippen molar-refractivity contribution in [2.24, 2.45) is 28.7 Å². The number of hydrogen-bond donors (Lipinski definition) is 8. The number of ether oxygens (including phenoxy) is 4. The molecular weight excluding hydrogens is 655 g/mol. The third-order valence-corrected chi connectivity index (χ3v) is 12.6. The second kappa shape index (κ2) is 23.0. The summed E-state index contributed by atoms with van der Waals surface area (Å²) in [7, 11) is 0. The Kier molecular flexibility index (Phi) is 20.4. The Hall–Kier alpha value is 0.220. The van der Waals surface area contributed by atoms with Crippen molar-refractivity contribution in [3.63, 3.8) is 0 Å². The van der Waals surface area contributed by atoms with Crippen LogP contribution in [-0.2, 0) is 18.9 Å². The van der Waals surface area contributed by atoms with Crippen LogP contribution in [-0.4, -0.2) is 124 Å². The lowest BCUT2D eigenvalue weighted by Crippen LogP contribution is -2.68. The lowest BCUT2D eigenvalue weighted by molar-refractivity contribution is -0.307. The van der Waals surface area contributed by atoms with E-state index in [0.717, 1.165) is 24.3 Å². The van der Waals surface area contributed by atoms with E-state index >= 15 is 0 Å². The molecule has 2 heterocycles. The number of aliphatic hydroxyl groups excluding tert-OH is 3. The summed E-state index contributed by atoms with van der Waals surface area (Å²) >= 11 is 3.55. The molecule has 1 aliphatic carbocycles. The zero-order chi connectivity index (χ0) is 35.1. The molecule has 2 aliphatic heterocycles. The molecule has 0 unspecified atom stereocenters. The fraction of sp³-hybridized carbons (Fsp3) is 1.00. The van der Waals surface area contributed by atoms with E-state index in [1.165, 1.54) is 64.2 Å². The molecule has 12 nitrogen and oxygen atoms in total. The van der Waals surface area contributed by atoms with Gasteiger partial charge in [-0.3, -0.25) is 0 Å². The van der Waals surface area contributed by atoms with Gasteiger partial charge in [0.15, 0.2) is 12.6 Å². The molecule has 14 atom stereocenters. The van der Waals surface area contributed by atoms with Gasteiger partial charge in [0.05, 0.1) is 30.4 Å². The molecule has 1 saturated carbocycles. The maximum Gasteiger partial charge on any atom is 0.186 e. The first-order chi connectivity index (χ1) is 23.1. The second-order valence-corrected chi connectivity index (χ2v) is 16.6. The molecule has 0 radical (unpaired) electrons. The van der Waals surface area contributed by atoms with Crippen LogP contribution in [0.2, 0.25) is 0 Å². The van der Waals surface area contributed by atoms with Crippen LogP contribution in [0.3, 0.4) is 0 Å². The molecule has 2 saturated heterocycles. The van der Waals surface area contributed by atoms with Crippen LogP contribution < -0.4 is 28.7 Å². The lowest BCUT2D eigenvalue weighted by atomic mass is 9.84. The van der Waals surface area contributed by atoms with E-state index < -0.39 is 73.4 Å². The first-order valence-electron chi connectivity index (χ1n) is 18.7. The summed E-state index contributed by atoms with van der Waals surface area (Å²) in [5, 5.41) is 33.3. The minimum absolute atomic E-state index is 0.163. The third-order valence-electron chi connectivity index (χ3n) is 9.97. The van der Waals surface area contributed by atoms with Crippen molar-refractivity contribution in [1.82, 2.24) is 0 Å². The number of unbranched alkanes of at least 4 members (excludes halogenated alkanes) is 10. The van der Waals surface area contributed by atoms with Gasteiger partial charge in [-0.05, 0) is 37.2 Å². The summed E-state index contributed by atoms with van der Waals surface area (Å²) in [6, 6.07) is -2.67. The van der Waals surface area contributed by atoms with Crippen molar-refractivity contribution >= 4 is 23.5 Å². The van der Waals surface area contributed by atoms with Gasteiger partial charge < -0.3 is 62.9 Å². The third kappa shape index (κ3) is 13.0. The van der Waals surface area contributed by atoms with E-state index in [2.05, 4.69) is 13.8 Å². The Balaban J connectivity index is 1.52. The smallest absolute Gasteiger partial charge is 0.186 e. The fourth-order valence-corrected chi connectivity index (χ4v) is 9.38. The molecule has 3 rings (SSSR count). The van der Waals surface area contributed by atoms with Crippen LogP contribution >= 0.6 is 23.5 Å². The second-order valence-electron chi connectivity index (χ2n) is 14.1. The molecular formula is C34H69N5O7S2. The minimum atomic E-state index is -1.32. The van der Waals surface area contributed by atoms with Gasteiger partial charge in [-0.1, -0.05) is 78.1 Å². The number of rotatable bonds is 22. The van der Waals surface area contributed by atoms with Crippen molar-refractivity contribution in [3.8, 4) is 0 Å². The standard InChI is InChI=1S/C34H69N5O7S2/c1-3-5-7-9-11-13-15-47-20-25-28(40)27(39)29(41)34(44-25)46-32-22(37)17-21(36)31(30(32)42)45-33-23(38)18-26(24(19-35)43-33)48-16-14-12-10-8-6-4-2/h21-34,40-42H,3-20,35-39H2,1-2H3/t21-,22+,23+,24+,25+,26+,27-,28+,29+,30-,31+,32-,33+,34+/m0/s1. The molecule has 0 spiro atoms. The van der Waals surface area contributed by atoms with Crippen molar-refractivity contribution in [3.05, 3.63) is 0 Å². The van der Waals surface area contributed by atoms with Gasteiger partial charge in [0.25, 0.3) is 0 Å². The summed E-state index contributed by atoms with van der Waals surface area (Å²) < 4.78 is 24.8. The Labute approximate surface area is 298 Å². The molecule has 3 fully saturated rings. The summed E-state index contributed by atoms with van der Waals surface area (Å²) in [5.74, 6) is 2.48. The fourth-order valence-electron chi connectivity index (χ4n) is 6.87. The number of aliphatic hydroxyl groups is 3. The van der Waals surface area contributed by atoms with Crippen molar-refractivity contribution in [1.29, 1.82) is 0 Å². The minimum Gasteiger partial charge on any atom is -0.389 e. The van der Waals surface area contributed by atoms with Crippen LogP contribution in [0.15, 0.2) is 0 Å². The van der Waals surface area contributed by atoms with Crippen LogP contribution in [0, 0.1) is 0 Å². The summed E-state index contributed by atoms with van der Waals surface area (Å²) in [6.07, 6.45) is 7.33. The molecule has 13 N–H and O–H groups in total. The lowest BCUT2D eigenvalue weighted by Gasteiger charge is -2.48. The van der Waals surface area contributed by atoms with E-state index in [1.807, 2.05) is 11.8 Å². The first kappa shape index (κ1) is 42.6. The van der Waals surface area contributed by atoms with Gasteiger partial charge in [-0.15, -0.1) is 0 Å². The Morgan fingerprint density at radius 1 is 0.625 bits per heavy atom. The summed E-state index contributed by atoms with van der Waals surface area (Å²) in [4.78, 5) is 0. The molecule has 0 aromatic rings. The highest BCUT2D eigenvalue weighted by molar-refractivity contribution is 8.00. The predicted molar refractivity (Wildman–Crippen MR) is 196 cm³/mol. The highest BCUT2D eigenvalue weighted by Gasteiger charge is 2.50. The topological polar surface area (TPSA) is 228 Å². The molecule has 284 valence electrons. The van der Waals surface area contributed by atoms with Gasteiger partial charge in [0, 0.05) is 29.6 Å². The van der Waals surface area contributed by atoms with Gasteiger partial charge in [-0.25, -0.2) is 0 Å². The highest BCUT2D eigenvalue weighted by Crippen LogP contribution is 2.34. The molecule has 3 aliphatic rings. The SMILES string of the molecule is CCCCCCCCSC[C@H]1O[C@H](O[C@@H]2[C@@H](O)[C@H](O[C@H]3O[C@H](CN)[C@H](SCCCCCCCC)C[C@H]3N)[C@@H](N)C[C@H]2N)[C@H](O)[C@@H](N)[C@@H]1O. The Bertz CT molecular complexity index is 860. The van der Waals surface area contributed by atoms with Crippen molar-refractivity contribution in [2.45, 2.75) is 188 Å². The largest absolute Gasteiger partial charge is 0.389 e. The van der Waals surface area contributed by atoms with E-state index in [1.54, 1.807) is 11.8 Å². The summed E-state index contributed by atoms with van der Waals surface area (Å²) in [6.45, 7) is 4.76. The quantitative estimate of drug-likeness (QED) is 0.0747. The molecule has 0 aromatic carbocycles. The highest BCUT2D eigenvalue weighted by atomic mass is 32.2. The van der Waals surface area contributed by atoms with E-state index in [0.29, 0.717) is 25.1 Å². The van der Waals surface area contributed by atoms with E-state index in [9.17, 15) is 15.3 Å². The average Bonchev–Trinajstić information content (AvgIpc) is 3.07. The van der Waals surface area contributed by atoms with Gasteiger partial charge in [0.1, 0.15) is 24.4 Å². The predicted octanol–water partition coefficient (Wildman–Crippen LogP) is 1.91. The zero-order valence-corrected chi connectivity index (χ0v) is 31.1. The van der Waals surface area contributed by atoms with Crippen LogP contribution in [0.25, 0.3) is 0 Å². The van der Waals surface area contributed by atoms with Gasteiger partial charge in [-0.2, -0.15) is 23.5 Å². The van der Waals surface area contributed by atoms with Crippen molar-refractivity contribution < 1.29 is 34.3 Å². The van der Waals surface area contributed by atoms with E-state index in [4.69, 9.17) is 47.6 Å². The molecule has 0 aromatic heterocycles. The van der Waals surface area contributed by atoms with E-state index in [-0.39, 0.29) is 11.4 Å². The maximum atomic E-state index is 11.5. The Morgan fingerprint density at radius 3 is 1.77 bits per heavy atom. The monoisotopic (exact) mass is 723 g/mol. The van der Waals surface area contributed by atoms with Gasteiger partial charge in [0.2, 0.25) is 0 Å². The number of nitrogens with two attached hydrogens (primary N) is 5. The first-order valence-corrected chi connectivity index (χ1v) is 20.9. The summed E-state index contributed by atoms with van der Waals surface area (Å²) in [5.41, 5.74) is 31.8. The average molecular weight is 724 g/mol. The normalized spacial score (nSPS) is 39.1. The molecule has 48 heavy (non-hydrogen) atoms. The maximum absolute atomic E-state index is 11.5. The number of thioether (sulfide) groups is 2.